The van der Waals surface area contributed by atoms with Crippen molar-refractivity contribution in [3.8, 4) is 0 Å². The smallest absolute Gasteiger partial charge is 0.254 e. The lowest BCUT2D eigenvalue weighted by Gasteiger charge is -2.28. The van der Waals surface area contributed by atoms with Crippen molar-refractivity contribution in [2.45, 2.75) is 24.8 Å². The highest BCUT2D eigenvalue weighted by Gasteiger charge is 2.49. The van der Waals surface area contributed by atoms with Gasteiger partial charge in [-0.3, -0.25) is 4.90 Å². The number of hydrogen-bond donors (Lipinski definition) is 0. The third kappa shape index (κ3) is 3.01. The van der Waals surface area contributed by atoms with Gasteiger partial charge in [-0.1, -0.05) is 36.1 Å². The minimum Gasteiger partial charge on any atom is -0.622 e. The fraction of sp³-hybridized carbons (Fsp3) is 0.385. The number of hydroxylamine groups is 1. The summed E-state index contributed by atoms with van der Waals surface area (Å²) < 4.78 is 1.53. The molecule has 0 amide bonds. The zero-order valence-corrected chi connectivity index (χ0v) is 13.4. The van der Waals surface area contributed by atoms with E-state index < -0.39 is 0 Å². The second kappa shape index (κ2) is 5.64. The van der Waals surface area contributed by atoms with Gasteiger partial charge in [-0.05, 0) is 25.3 Å². The molecule has 19 heavy (non-hydrogen) atoms. The van der Waals surface area contributed by atoms with E-state index in [1.807, 2.05) is 36.3 Å². The maximum absolute atomic E-state index is 12.5. The van der Waals surface area contributed by atoms with Crippen molar-refractivity contribution in [3.05, 3.63) is 40.3 Å². The Labute approximate surface area is 127 Å². The van der Waals surface area contributed by atoms with Gasteiger partial charge in [0.15, 0.2) is 6.21 Å². The van der Waals surface area contributed by atoms with Crippen LogP contribution in [0.1, 0.15) is 18.7 Å². The third-order valence-corrected chi connectivity index (χ3v) is 5.30. The van der Waals surface area contributed by atoms with Crippen LogP contribution in [0.2, 0.25) is 0 Å². The molecule has 1 saturated heterocycles. The van der Waals surface area contributed by atoms with Gasteiger partial charge in [0, 0.05) is 6.54 Å². The van der Waals surface area contributed by atoms with Crippen molar-refractivity contribution in [3.63, 3.8) is 0 Å². The predicted octanol–water partition coefficient (Wildman–Crippen LogP) is 3.30. The monoisotopic (exact) mass is 312 g/mol. The third-order valence-electron chi connectivity index (χ3n) is 2.87. The second-order valence-corrected chi connectivity index (χ2v) is 8.06. The van der Waals surface area contributed by atoms with Crippen LogP contribution in [0, 0.1) is 5.21 Å². The minimum atomic E-state index is -0.301. The number of thioether (sulfide) groups is 1. The van der Waals surface area contributed by atoms with Crippen molar-refractivity contribution in [2.75, 3.05) is 6.54 Å². The first kappa shape index (κ1) is 14.6. The van der Waals surface area contributed by atoms with Crippen LogP contribution in [-0.2, 0) is 0 Å². The molecule has 0 aliphatic carbocycles. The van der Waals surface area contributed by atoms with E-state index >= 15 is 0 Å². The lowest BCUT2D eigenvalue weighted by atomic mass is 10.1. The number of thiocarbonyl (C=S) groups is 1. The molecule has 0 spiro atoms. The summed E-state index contributed by atoms with van der Waals surface area (Å²) in [5.41, 5.74) is 0. The van der Waals surface area contributed by atoms with Crippen molar-refractivity contribution in [2.24, 2.45) is 0 Å². The van der Waals surface area contributed by atoms with Gasteiger partial charge in [0.05, 0.1) is 4.88 Å². The summed E-state index contributed by atoms with van der Waals surface area (Å²) in [5, 5.41) is 14.4. The fourth-order valence-electron chi connectivity index (χ4n) is 2.13. The van der Waals surface area contributed by atoms with Crippen LogP contribution in [-0.4, -0.2) is 37.6 Å². The zero-order valence-electron chi connectivity index (χ0n) is 10.9. The van der Waals surface area contributed by atoms with E-state index in [4.69, 9.17) is 12.2 Å². The van der Waals surface area contributed by atoms with Crippen molar-refractivity contribution < 1.29 is 4.74 Å². The Hall–Kier alpha value is -0.850. The van der Waals surface area contributed by atoms with Crippen LogP contribution in [0.25, 0.3) is 0 Å². The molecule has 2 rings (SSSR count). The zero-order chi connectivity index (χ0) is 14.0. The maximum Gasteiger partial charge on any atom is 0.254 e. The number of nitrogens with zero attached hydrogens (tertiary/aromatic N) is 2. The molecule has 0 bridgehead atoms. The molecule has 0 unspecified atom stereocenters. The molecule has 1 aromatic heterocycles. The van der Waals surface area contributed by atoms with E-state index in [9.17, 15) is 5.21 Å². The summed E-state index contributed by atoms with van der Waals surface area (Å²) in [4.78, 5) is 2.89. The minimum absolute atomic E-state index is 0.240. The van der Waals surface area contributed by atoms with Gasteiger partial charge in [0.2, 0.25) is 0 Å². The van der Waals surface area contributed by atoms with E-state index in [1.165, 1.54) is 0 Å². The molecular formula is C13H16N2OS3. The van der Waals surface area contributed by atoms with Crippen molar-refractivity contribution in [1.29, 1.82) is 0 Å². The van der Waals surface area contributed by atoms with Gasteiger partial charge >= 0.3 is 0 Å². The van der Waals surface area contributed by atoms with Gasteiger partial charge in [-0.25, -0.2) is 0 Å². The Morgan fingerprint density at radius 3 is 2.95 bits per heavy atom. The molecule has 6 heteroatoms. The molecule has 1 fully saturated rings. The molecule has 0 aromatic carbocycles. The quantitative estimate of drug-likeness (QED) is 0.213. The van der Waals surface area contributed by atoms with Crippen LogP contribution in [0.5, 0.6) is 0 Å². The van der Waals surface area contributed by atoms with Gasteiger partial charge < -0.3 is 5.21 Å². The Balaban J connectivity index is 2.33. The summed E-state index contributed by atoms with van der Waals surface area (Å²) in [7, 11) is 0. The summed E-state index contributed by atoms with van der Waals surface area (Å²) in [6.07, 6.45) is 3.12. The van der Waals surface area contributed by atoms with Crippen molar-refractivity contribution in [1.82, 2.24) is 4.90 Å². The average Bonchev–Trinajstić information content (AvgIpc) is 2.86. The van der Waals surface area contributed by atoms with Crippen LogP contribution >= 0.6 is 35.3 Å². The highest BCUT2D eigenvalue weighted by Crippen LogP contribution is 2.41. The molecule has 1 atom stereocenters. The Morgan fingerprint density at radius 2 is 2.37 bits per heavy atom. The summed E-state index contributed by atoms with van der Waals surface area (Å²) >= 11 is 8.48. The molecule has 1 aromatic rings. The van der Waals surface area contributed by atoms with Gasteiger partial charge in [0.1, 0.15) is 9.07 Å². The Kier molecular flexibility index (Phi) is 4.32. The number of hydrogen-bond acceptors (Lipinski definition) is 4. The van der Waals surface area contributed by atoms with Gasteiger partial charge in [-0.15, -0.1) is 17.9 Å². The normalized spacial score (nSPS) is 22.8. The molecule has 0 saturated carbocycles. The molecule has 0 radical (unpaired) electrons. The fourth-order valence-corrected chi connectivity index (χ4v) is 4.66. The van der Waals surface area contributed by atoms with E-state index in [0.29, 0.717) is 6.54 Å². The number of rotatable bonds is 4. The molecule has 1 aliphatic heterocycles. The van der Waals surface area contributed by atoms with Crippen LogP contribution in [0.3, 0.4) is 0 Å². The first-order valence-corrected chi connectivity index (χ1v) is 8.00. The summed E-state index contributed by atoms with van der Waals surface area (Å²) in [6, 6.07) is 3.87. The molecule has 1 aliphatic rings. The maximum atomic E-state index is 12.5. The van der Waals surface area contributed by atoms with Gasteiger partial charge in [-0.2, -0.15) is 4.74 Å². The van der Waals surface area contributed by atoms with E-state index in [-0.39, 0.29) is 10.9 Å². The largest absolute Gasteiger partial charge is 0.622 e. The van der Waals surface area contributed by atoms with E-state index in [0.717, 1.165) is 13.9 Å². The molecular weight excluding hydrogens is 296 g/mol. The van der Waals surface area contributed by atoms with Crippen LogP contribution in [0.4, 0.5) is 0 Å². The Bertz CT molecular complexity index is 508. The predicted molar refractivity (Wildman–Crippen MR) is 88.1 cm³/mol. The van der Waals surface area contributed by atoms with Crippen LogP contribution in [0.15, 0.2) is 30.2 Å². The summed E-state index contributed by atoms with van der Waals surface area (Å²) in [5.74, 6) is 0. The van der Waals surface area contributed by atoms with E-state index in [1.54, 1.807) is 35.4 Å². The SMILES string of the molecule is C=CCN1C(=S)SC(C)(C)[C@@H]1/[N+]([O-])=C/c1cccs1. The first-order chi connectivity index (χ1) is 8.95. The topological polar surface area (TPSA) is 29.3 Å². The number of thiophene rings is 1. The molecule has 0 N–H and O–H groups in total. The van der Waals surface area contributed by atoms with E-state index in [2.05, 4.69) is 6.58 Å². The highest BCUT2D eigenvalue weighted by atomic mass is 32.2. The summed E-state index contributed by atoms with van der Waals surface area (Å²) in [6.45, 7) is 8.42. The lowest BCUT2D eigenvalue weighted by molar-refractivity contribution is -0.523. The molecule has 102 valence electrons. The first-order valence-electron chi connectivity index (χ1n) is 5.90. The van der Waals surface area contributed by atoms with Crippen LogP contribution < -0.4 is 0 Å². The lowest BCUT2D eigenvalue weighted by Crippen LogP contribution is -2.47. The highest BCUT2D eigenvalue weighted by molar-refractivity contribution is 8.24. The second-order valence-electron chi connectivity index (χ2n) is 4.79. The molecule has 3 nitrogen and oxygen atoms in total. The Morgan fingerprint density at radius 1 is 1.63 bits per heavy atom. The van der Waals surface area contributed by atoms with Gasteiger partial charge in [0.25, 0.3) is 6.17 Å². The standard InChI is InChI=1S/C13H16N2OS3/c1-4-7-14-11(13(2,3)19-12(14)17)15(16)9-10-6-5-8-18-10/h4-6,8-9,11H,1,7H2,2-3H3/b15-9-/t11-/m0/s1. The van der Waals surface area contributed by atoms with Crippen molar-refractivity contribution >= 4 is 45.9 Å². The molecule has 2 heterocycles. The average molecular weight is 312 g/mol.